The molecule has 0 spiro atoms. The van der Waals surface area contributed by atoms with E-state index in [9.17, 15) is 10.1 Å². The van der Waals surface area contributed by atoms with Gasteiger partial charge in [0.25, 0.3) is 0 Å². The minimum absolute atomic E-state index is 0.0887. The highest BCUT2D eigenvalue weighted by Gasteiger charge is 2.32. The van der Waals surface area contributed by atoms with Crippen LogP contribution in [-0.4, -0.2) is 29.3 Å². The molecule has 0 N–H and O–H groups in total. The van der Waals surface area contributed by atoms with Crippen LogP contribution in [0.25, 0.3) is 0 Å². The van der Waals surface area contributed by atoms with Gasteiger partial charge in [-0.25, -0.2) is 0 Å². The monoisotopic (exact) mass is 222 g/mol. The summed E-state index contributed by atoms with van der Waals surface area (Å²) in [6, 6.07) is 2.67. The molecule has 16 heavy (non-hydrogen) atoms. The minimum atomic E-state index is -0.0887. The Balaban J connectivity index is 2.78. The fraction of sp³-hybridized carbons (Fsp3) is 0.846. The lowest BCUT2D eigenvalue weighted by molar-refractivity contribution is -0.124. The zero-order valence-electron chi connectivity index (χ0n) is 10.6. The summed E-state index contributed by atoms with van der Waals surface area (Å²) >= 11 is 0. The number of likely N-dealkylation sites (tertiary alicyclic amines) is 1. The molecular weight excluding hydrogens is 200 g/mol. The van der Waals surface area contributed by atoms with Crippen molar-refractivity contribution in [1.82, 2.24) is 4.90 Å². The highest BCUT2D eigenvalue weighted by atomic mass is 16.1. The largest absolute Gasteiger partial charge is 0.298 e. The summed E-state index contributed by atoms with van der Waals surface area (Å²) in [4.78, 5) is 13.6. The molecule has 1 aliphatic rings. The SMILES string of the molecule is CCC(CC)C(C#N)N1CC(=O)CCC1C. The van der Waals surface area contributed by atoms with Gasteiger partial charge in [-0.1, -0.05) is 26.7 Å². The van der Waals surface area contributed by atoms with E-state index in [2.05, 4.69) is 31.7 Å². The van der Waals surface area contributed by atoms with E-state index in [0.29, 0.717) is 24.9 Å². The van der Waals surface area contributed by atoms with Crippen molar-refractivity contribution in [3.05, 3.63) is 0 Å². The molecule has 0 aromatic carbocycles. The highest BCUT2D eigenvalue weighted by molar-refractivity contribution is 5.81. The summed E-state index contributed by atoms with van der Waals surface area (Å²) in [5.74, 6) is 0.669. The molecule has 0 aliphatic carbocycles. The summed E-state index contributed by atoms with van der Waals surface area (Å²) in [5.41, 5.74) is 0. The number of nitrogens with zero attached hydrogens (tertiary/aromatic N) is 2. The molecule has 2 unspecified atom stereocenters. The molecular formula is C13H22N2O. The van der Waals surface area contributed by atoms with Gasteiger partial charge in [0, 0.05) is 12.5 Å². The van der Waals surface area contributed by atoms with E-state index in [4.69, 9.17) is 0 Å². The van der Waals surface area contributed by atoms with Crippen molar-refractivity contribution in [3.8, 4) is 6.07 Å². The first-order valence-corrected chi connectivity index (χ1v) is 6.31. The molecule has 0 radical (unpaired) electrons. The molecule has 1 heterocycles. The van der Waals surface area contributed by atoms with Crippen LogP contribution in [0.1, 0.15) is 46.5 Å². The Kier molecular flexibility index (Phi) is 4.95. The highest BCUT2D eigenvalue weighted by Crippen LogP contribution is 2.24. The van der Waals surface area contributed by atoms with E-state index < -0.39 is 0 Å². The van der Waals surface area contributed by atoms with Crippen LogP contribution in [0.5, 0.6) is 0 Å². The van der Waals surface area contributed by atoms with Crippen molar-refractivity contribution in [3.63, 3.8) is 0 Å². The Hall–Kier alpha value is -0.880. The lowest BCUT2D eigenvalue weighted by Gasteiger charge is -2.38. The maximum absolute atomic E-state index is 11.5. The summed E-state index contributed by atoms with van der Waals surface area (Å²) in [6.45, 7) is 6.83. The van der Waals surface area contributed by atoms with Gasteiger partial charge in [-0.2, -0.15) is 5.26 Å². The Morgan fingerprint density at radius 3 is 2.62 bits per heavy atom. The Morgan fingerprint density at radius 2 is 2.12 bits per heavy atom. The predicted octanol–water partition coefficient (Wildman–Crippen LogP) is 2.37. The molecule has 3 heteroatoms. The van der Waals surface area contributed by atoms with E-state index in [1.54, 1.807) is 0 Å². The fourth-order valence-corrected chi connectivity index (χ4v) is 2.53. The van der Waals surface area contributed by atoms with Gasteiger partial charge in [-0.15, -0.1) is 0 Å². The van der Waals surface area contributed by atoms with Gasteiger partial charge in [0.05, 0.1) is 12.6 Å². The van der Waals surface area contributed by atoms with Crippen LogP contribution >= 0.6 is 0 Å². The van der Waals surface area contributed by atoms with Crippen molar-refractivity contribution in [2.75, 3.05) is 6.54 Å². The van der Waals surface area contributed by atoms with Crippen molar-refractivity contribution in [2.24, 2.45) is 5.92 Å². The first kappa shape index (κ1) is 13.2. The standard InChI is InChI=1S/C13H22N2O/c1-4-11(5-2)13(8-14)15-9-12(16)7-6-10(15)3/h10-11,13H,4-7,9H2,1-3H3. The Morgan fingerprint density at radius 1 is 1.50 bits per heavy atom. The van der Waals surface area contributed by atoms with Crippen molar-refractivity contribution in [1.29, 1.82) is 5.26 Å². The van der Waals surface area contributed by atoms with Crippen LogP contribution in [0.2, 0.25) is 0 Å². The number of carbonyl (C=O) groups excluding carboxylic acids is 1. The number of carbonyl (C=O) groups is 1. The second-order valence-corrected chi connectivity index (χ2v) is 4.75. The third-order valence-corrected chi connectivity index (χ3v) is 3.75. The maximum Gasteiger partial charge on any atom is 0.146 e. The van der Waals surface area contributed by atoms with Gasteiger partial charge < -0.3 is 0 Å². The van der Waals surface area contributed by atoms with E-state index in [1.807, 2.05) is 0 Å². The van der Waals surface area contributed by atoms with E-state index in [0.717, 1.165) is 19.3 Å². The molecule has 1 saturated heterocycles. The van der Waals surface area contributed by atoms with Gasteiger partial charge in [-0.05, 0) is 19.3 Å². The van der Waals surface area contributed by atoms with Crippen LogP contribution in [0.3, 0.4) is 0 Å². The minimum Gasteiger partial charge on any atom is -0.298 e. The van der Waals surface area contributed by atoms with E-state index in [1.165, 1.54) is 0 Å². The number of Topliss-reactive ketones (excluding diaryl/α,β-unsaturated/α-hetero) is 1. The normalized spacial score (nSPS) is 24.4. The predicted molar refractivity (Wildman–Crippen MR) is 63.9 cm³/mol. The van der Waals surface area contributed by atoms with Crippen LogP contribution < -0.4 is 0 Å². The topological polar surface area (TPSA) is 44.1 Å². The lowest BCUT2D eigenvalue weighted by Crippen LogP contribution is -2.50. The number of hydrogen-bond donors (Lipinski definition) is 0. The molecule has 0 saturated carbocycles. The van der Waals surface area contributed by atoms with Gasteiger partial charge in [0.2, 0.25) is 0 Å². The fourth-order valence-electron chi connectivity index (χ4n) is 2.53. The lowest BCUT2D eigenvalue weighted by atomic mass is 9.90. The number of nitriles is 1. The molecule has 1 rings (SSSR count). The average Bonchev–Trinajstić information content (AvgIpc) is 2.29. The van der Waals surface area contributed by atoms with Crippen LogP contribution in [0.15, 0.2) is 0 Å². The second-order valence-electron chi connectivity index (χ2n) is 4.75. The molecule has 0 amide bonds. The van der Waals surface area contributed by atoms with Crippen LogP contribution in [-0.2, 0) is 4.79 Å². The molecule has 1 aliphatic heterocycles. The van der Waals surface area contributed by atoms with Gasteiger partial charge in [0.15, 0.2) is 0 Å². The third kappa shape index (κ3) is 2.82. The Bertz CT molecular complexity index is 278. The Labute approximate surface area is 98.4 Å². The van der Waals surface area contributed by atoms with Crippen LogP contribution in [0, 0.1) is 17.2 Å². The van der Waals surface area contributed by atoms with Crippen LogP contribution in [0.4, 0.5) is 0 Å². The van der Waals surface area contributed by atoms with Crippen molar-refractivity contribution in [2.45, 2.75) is 58.5 Å². The van der Waals surface area contributed by atoms with E-state index in [-0.39, 0.29) is 11.8 Å². The smallest absolute Gasteiger partial charge is 0.146 e. The van der Waals surface area contributed by atoms with Crippen molar-refractivity contribution < 1.29 is 4.79 Å². The van der Waals surface area contributed by atoms with Gasteiger partial charge in [0.1, 0.15) is 11.8 Å². The first-order valence-electron chi connectivity index (χ1n) is 6.31. The molecule has 0 bridgehead atoms. The molecule has 3 nitrogen and oxygen atoms in total. The van der Waals surface area contributed by atoms with E-state index >= 15 is 0 Å². The zero-order chi connectivity index (χ0) is 12.1. The van der Waals surface area contributed by atoms with Crippen molar-refractivity contribution >= 4 is 5.78 Å². The van der Waals surface area contributed by atoms with Gasteiger partial charge in [-0.3, -0.25) is 9.69 Å². The molecule has 2 atom stereocenters. The average molecular weight is 222 g/mol. The third-order valence-electron chi connectivity index (χ3n) is 3.75. The van der Waals surface area contributed by atoms with Gasteiger partial charge >= 0.3 is 0 Å². The quantitative estimate of drug-likeness (QED) is 0.733. The zero-order valence-corrected chi connectivity index (χ0v) is 10.6. The molecule has 0 aromatic heterocycles. The maximum atomic E-state index is 11.5. The number of ketones is 1. The summed E-state index contributed by atoms with van der Waals surface area (Å²) < 4.78 is 0. The number of rotatable bonds is 4. The number of hydrogen-bond acceptors (Lipinski definition) is 3. The number of piperidine rings is 1. The molecule has 0 aromatic rings. The first-order chi connectivity index (χ1) is 7.63. The summed E-state index contributed by atoms with van der Waals surface area (Å²) in [6.07, 6.45) is 3.59. The molecule has 1 fully saturated rings. The summed E-state index contributed by atoms with van der Waals surface area (Å²) in [7, 11) is 0. The second kappa shape index (κ2) is 6.00. The molecule has 90 valence electrons. The summed E-state index contributed by atoms with van der Waals surface area (Å²) in [5, 5.41) is 9.31.